The Morgan fingerprint density at radius 2 is 1.82 bits per heavy atom. The van der Waals surface area contributed by atoms with Crippen molar-refractivity contribution in [2.45, 2.75) is 33.1 Å². The Morgan fingerprint density at radius 3 is 2.35 bits per heavy atom. The van der Waals surface area contributed by atoms with Gasteiger partial charge in [0, 0.05) is 6.42 Å². The minimum absolute atomic E-state index is 0.0484. The summed E-state index contributed by atoms with van der Waals surface area (Å²) >= 11 is 0. The zero-order valence-electron chi connectivity index (χ0n) is 10.3. The molecule has 3 nitrogen and oxygen atoms in total. The van der Waals surface area contributed by atoms with E-state index in [0.29, 0.717) is 18.6 Å². The number of esters is 1. The van der Waals surface area contributed by atoms with Crippen molar-refractivity contribution in [3.8, 4) is 5.75 Å². The maximum Gasteiger partial charge on any atom is 0.321 e. The molecule has 0 fully saturated rings. The summed E-state index contributed by atoms with van der Waals surface area (Å²) in [5.74, 6) is -0.620. The number of carbonyl (C=O) groups is 2. The molecule has 1 unspecified atom stereocenters. The number of carbonyl (C=O) groups excluding carboxylic acids is 2. The summed E-state index contributed by atoms with van der Waals surface area (Å²) in [7, 11) is 0. The molecule has 0 saturated carbocycles. The Hall–Kier alpha value is -1.64. The molecule has 0 amide bonds. The van der Waals surface area contributed by atoms with Gasteiger partial charge < -0.3 is 4.74 Å². The van der Waals surface area contributed by atoms with Gasteiger partial charge in [0.1, 0.15) is 17.5 Å². The molecule has 17 heavy (non-hydrogen) atoms. The molecule has 3 heteroatoms. The van der Waals surface area contributed by atoms with Crippen LogP contribution < -0.4 is 4.74 Å². The Bertz CT molecular complexity index is 370. The average molecular weight is 234 g/mol. The molecule has 0 radical (unpaired) electrons. The quantitative estimate of drug-likeness (QED) is 0.432. The maximum absolute atomic E-state index is 11.9. The number of benzene rings is 1. The lowest BCUT2D eigenvalue weighted by Crippen LogP contribution is -2.27. The number of Topliss-reactive ketones (excluding diaryl/α,β-unsaturated/α-hetero) is 1. The smallest absolute Gasteiger partial charge is 0.321 e. The summed E-state index contributed by atoms with van der Waals surface area (Å²) in [6, 6.07) is 8.84. The fourth-order valence-corrected chi connectivity index (χ4v) is 1.62. The third-order valence-electron chi connectivity index (χ3n) is 2.56. The monoisotopic (exact) mass is 234 g/mol. The first-order valence-electron chi connectivity index (χ1n) is 5.98. The Kier molecular flexibility index (Phi) is 5.40. The highest BCUT2D eigenvalue weighted by Crippen LogP contribution is 2.16. The summed E-state index contributed by atoms with van der Waals surface area (Å²) in [4.78, 5) is 23.5. The van der Waals surface area contributed by atoms with Gasteiger partial charge in [-0.25, -0.2) is 0 Å². The van der Waals surface area contributed by atoms with Gasteiger partial charge in [-0.1, -0.05) is 38.5 Å². The predicted molar refractivity (Wildman–Crippen MR) is 65.8 cm³/mol. The van der Waals surface area contributed by atoms with E-state index in [0.717, 1.165) is 6.42 Å². The van der Waals surface area contributed by atoms with Crippen LogP contribution in [0.5, 0.6) is 5.75 Å². The molecule has 1 aromatic rings. The number of rotatable bonds is 6. The summed E-state index contributed by atoms with van der Waals surface area (Å²) < 4.78 is 5.19. The molecule has 0 spiro atoms. The molecule has 0 saturated heterocycles. The molecule has 92 valence electrons. The number of ketones is 1. The van der Waals surface area contributed by atoms with Crippen LogP contribution in [0.4, 0.5) is 0 Å². The van der Waals surface area contributed by atoms with Gasteiger partial charge in [0.2, 0.25) is 0 Å². The van der Waals surface area contributed by atoms with Gasteiger partial charge in [-0.15, -0.1) is 0 Å². The first kappa shape index (κ1) is 13.4. The van der Waals surface area contributed by atoms with E-state index in [1.807, 2.05) is 13.0 Å². The zero-order valence-corrected chi connectivity index (χ0v) is 10.3. The highest BCUT2D eigenvalue weighted by molar-refractivity contribution is 5.99. The fourth-order valence-electron chi connectivity index (χ4n) is 1.62. The van der Waals surface area contributed by atoms with Crippen molar-refractivity contribution in [1.82, 2.24) is 0 Å². The van der Waals surface area contributed by atoms with Crippen molar-refractivity contribution in [1.29, 1.82) is 0 Å². The van der Waals surface area contributed by atoms with Crippen molar-refractivity contribution in [2.75, 3.05) is 0 Å². The van der Waals surface area contributed by atoms with Crippen molar-refractivity contribution >= 4 is 11.8 Å². The third kappa shape index (κ3) is 4.02. The SMILES string of the molecule is CCCC(C(=O)CC)C(=O)Oc1ccccc1. The van der Waals surface area contributed by atoms with Crippen molar-refractivity contribution in [2.24, 2.45) is 5.92 Å². The van der Waals surface area contributed by atoms with E-state index in [4.69, 9.17) is 4.74 Å². The van der Waals surface area contributed by atoms with Crippen LogP contribution in [-0.4, -0.2) is 11.8 Å². The van der Waals surface area contributed by atoms with Gasteiger partial charge in [0.05, 0.1) is 0 Å². The molecule has 0 bridgehead atoms. The fraction of sp³-hybridized carbons (Fsp3) is 0.429. The first-order chi connectivity index (χ1) is 8.19. The number of hydrogen-bond donors (Lipinski definition) is 0. The molecule has 0 aliphatic rings. The van der Waals surface area contributed by atoms with E-state index in [2.05, 4.69) is 0 Å². The van der Waals surface area contributed by atoms with Crippen LogP contribution in [0.25, 0.3) is 0 Å². The lowest BCUT2D eigenvalue weighted by atomic mass is 9.97. The second kappa shape index (κ2) is 6.84. The van der Waals surface area contributed by atoms with Crippen LogP contribution in [0.1, 0.15) is 33.1 Å². The van der Waals surface area contributed by atoms with Crippen LogP contribution in [0, 0.1) is 5.92 Å². The second-order valence-electron chi connectivity index (χ2n) is 3.90. The number of hydrogen-bond acceptors (Lipinski definition) is 3. The molecule has 0 N–H and O–H groups in total. The molecule has 0 aliphatic carbocycles. The van der Waals surface area contributed by atoms with Crippen LogP contribution in [-0.2, 0) is 9.59 Å². The van der Waals surface area contributed by atoms with E-state index in [-0.39, 0.29) is 5.78 Å². The summed E-state index contributed by atoms with van der Waals surface area (Å²) in [6.07, 6.45) is 1.72. The lowest BCUT2D eigenvalue weighted by molar-refractivity contribution is -0.144. The minimum atomic E-state index is -0.620. The van der Waals surface area contributed by atoms with Crippen LogP contribution in [0.2, 0.25) is 0 Å². The van der Waals surface area contributed by atoms with Gasteiger partial charge in [-0.3, -0.25) is 9.59 Å². The normalized spacial score (nSPS) is 11.9. The zero-order chi connectivity index (χ0) is 12.7. The number of ether oxygens (including phenoxy) is 1. The minimum Gasteiger partial charge on any atom is -0.426 e. The Labute approximate surface area is 102 Å². The highest BCUT2D eigenvalue weighted by atomic mass is 16.5. The van der Waals surface area contributed by atoms with E-state index < -0.39 is 11.9 Å². The van der Waals surface area contributed by atoms with Gasteiger partial charge in [0.15, 0.2) is 0 Å². The largest absolute Gasteiger partial charge is 0.426 e. The summed E-state index contributed by atoms with van der Waals surface area (Å²) in [6.45, 7) is 3.71. The highest BCUT2D eigenvalue weighted by Gasteiger charge is 2.26. The molecule has 1 aromatic carbocycles. The van der Waals surface area contributed by atoms with Gasteiger partial charge in [-0.05, 0) is 18.6 Å². The van der Waals surface area contributed by atoms with Crippen LogP contribution in [0.3, 0.4) is 0 Å². The second-order valence-corrected chi connectivity index (χ2v) is 3.90. The van der Waals surface area contributed by atoms with E-state index >= 15 is 0 Å². The predicted octanol–water partition coefficient (Wildman–Crippen LogP) is 2.99. The topological polar surface area (TPSA) is 43.4 Å². The van der Waals surface area contributed by atoms with Gasteiger partial charge in [-0.2, -0.15) is 0 Å². The molecule has 0 aromatic heterocycles. The molecular formula is C14H18O3. The molecule has 1 atom stereocenters. The molecule has 0 heterocycles. The standard InChI is InChI=1S/C14H18O3/c1-3-8-12(13(15)4-2)14(16)17-11-9-6-5-7-10-11/h5-7,9-10,12H,3-4,8H2,1-2H3. The Morgan fingerprint density at radius 1 is 1.18 bits per heavy atom. The average Bonchev–Trinajstić information content (AvgIpc) is 2.36. The van der Waals surface area contributed by atoms with E-state index in [1.54, 1.807) is 31.2 Å². The van der Waals surface area contributed by atoms with Gasteiger partial charge in [0.25, 0.3) is 0 Å². The van der Waals surface area contributed by atoms with Crippen molar-refractivity contribution in [3.63, 3.8) is 0 Å². The molecule has 0 aliphatic heterocycles. The van der Waals surface area contributed by atoms with Crippen LogP contribution >= 0.6 is 0 Å². The van der Waals surface area contributed by atoms with Crippen molar-refractivity contribution < 1.29 is 14.3 Å². The number of para-hydroxylation sites is 1. The Balaban J connectivity index is 2.69. The van der Waals surface area contributed by atoms with E-state index in [9.17, 15) is 9.59 Å². The first-order valence-corrected chi connectivity index (χ1v) is 5.98. The summed E-state index contributed by atoms with van der Waals surface area (Å²) in [5, 5.41) is 0. The third-order valence-corrected chi connectivity index (χ3v) is 2.56. The van der Waals surface area contributed by atoms with Crippen LogP contribution in [0.15, 0.2) is 30.3 Å². The van der Waals surface area contributed by atoms with Crippen molar-refractivity contribution in [3.05, 3.63) is 30.3 Å². The molecular weight excluding hydrogens is 216 g/mol. The maximum atomic E-state index is 11.9. The molecule has 1 rings (SSSR count). The van der Waals surface area contributed by atoms with Gasteiger partial charge >= 0.3 is 5.97 Å². The van der Waals surface area contributed by atoms with E-state index in [1.165, 1.54) is 0 Å². The lowest BCUT2D eigenvalue weighted by Gasteiger charge is -2.13. The summed E-state index contributed by atoms with van der Waals surface area (Å²) in [5.41, 5.74) is 0.